The maximum atomic E-state index is 12.0. The van der Waals surface area contributed by atoms with Crippen molar-refractivity contribution in [3.63, 3.8) is 0 Å². The van der Waals surface area contributed by atoms with Gasteiger partial charge in [-0.05, 0) is 49.1 Å². The number of anilines is 1. The van der Waals surface area contributed by atoms with Crippen molar-refractivity contribution in [2.24, 2.45) is 17.8 Å². The van der Waals surface area contributed by atoms with Crippen LogP contribution >= 0.6 is 11.6 Å². The molecule has 0 spiro atoms. The third kappa shape index (κ3) is 2.37. The van der Waals surface area contributed by atoms with E-state index >= 15 is 0 Å². The van der Waals surface area contributed by atoms with Crippen LogP contribution in [0.4, 0.5) is 5.82 Å². The molecule has 3 unspecified atom stereocenters. The van der Waals surface area contributed by atoms with E-state index in [0.29, 0.717) is 23.2 Å². The second kappa shape index (κ2) is 4.88. The molecule has 1 N–H and O–H groups in total. The molecule has 0 saturated heterocycles. The lowest BCUT2D eigenvalue weighted by molar-refractivity contribution is -0.117. The topological polar surface area (TPSA) is 42.0 Å². The van der Waals surface area contributed by atoms with Crippen molar-refractivity contribution >= 4 is 23.3 Å². The van der Waals surface area contributed by atoms with E-state index in [1.807, 2.05) is 0 Å². The monoisotopic (exact) mass is 264 g/mol. The van der Waals surface area contributed by atoms with Gasteiger partial charge < -0.3 is 5.32 Å². The summed E-state index contributed by atoms with van der Waals surface area (Å²) < 4.78 is 0. The molecule has 18 heavy (non-hydrogen) atoms. The number of hydrogen-bond donors (Lipinski definition) is 1. The van der Waals surface area contributed by atoms with Gasteiger partial charge in [0.25, 0.3) is 0 Å². The predicted molar refractivity (Wildman–Crippen MR) is 71.4 cm³/mol. The lowest BCUT2D eigenvalue weighted by Crippen LogP contribution is -2.20. The largest absolute Gasteiger partial charge is 0.309 e. The van der Waals surface area contributed by atoms with Crippen molar-refractivity contribution < 1.29 is 4.79 Å². The summed E-state index contributed by atoms with van der Waals surface area (Å²) in [7, 11) is 0. The smallest absolute Gasteiger partial charge is 0.225 e. The first kappa shape index (κ1) is 12.0. The van der Waals surface area contributed by atoms with E-state index in [1.54, 1.807) is 18.3 Å². The van der Waals surface area contributed by atoms with Crippen LogP contribution in [0.2, 0.25) is 5.02 Å². The molecule has 0 aromatic carbocycles. The number of hydrogen-bond acceptors (Lipinski definition) is 2. The molecule has 4 heteroatoms. The standard InChI is InChI=1S/C14H17ClN2O/c15-12-2-1-5-16-14(12)17-13(18)8-11-7-9-3-4-10(11)6-9/h1-2,5,9-11H,3-4,6-8H2,(H,16,17,18). The number of nitrogens with zero attached hydrogens (tertiary/aromatic N) is 1. The Morgan fingerprint density at radius 2 is 2.33 bits per heavy atom. The van der Waals surface area contributed by atoms with Crippen molar-refractivity contribution in [1.29, 1.82) is 0 Å². The maximum absolute atomic E-state index is 12.0. The fourth-order valence-electron chi connectivity index (χ4n) is 3.53. The average molecular weight is 265 g/mol. The van der Waals surface area contributed by atoms with Gasteiger partial charge in [-0.25, -0.2) is 4.98 Å². The minimum atomic E-state index is 0.0492. The summed E-state index contributed by atoms with van der Waals surface area (Å²) >= 11 is 5.97. The van der Waals surface area contributed by atoms with Crippen LogP contribution in [0.5, 0.6) is 0 Å². The van der Waals surface area contributed by atoms with Crippen molar-refractivity contribution in [3.05, 3.63) is 23.4 Å². The van der Waals surface area contributed by atoms with Crippen LogP contribution in [0.1, 0.15) is 32.1 Å². The quantitative estimate of drug-likeness (QED) is 0.908. The highest BCUT2D eigenvalue weighted by Crippen LogP contribution is 2.49. The zero-order chi connectivity index (χ0) is 12.5. The van der Waals surface area contributed by atoms with Crippen molar-refractivity contribution in [2.45, 2.75) is 32.1 Å². The highest BCUT2D eigenvalue weighted by molar-refractivity contribution is 6.33. The van der Waals surface area contributed by atoms with Gasteiger partial charge >= 0.3 is 0 Å². The molecule has 3 atom stereocenters. The molecule has 0 radical (unpaired) electrons. The number of carbonyl (C=O) groups is 1. The molecule has 1 amide bonds. The number of aromatic nitrogens is 1. The van der Waals surface area contributed by atoms with E-state index in [0.717, 1.165) is 11.8 Å². The lowest BCUT2D eigenvalue weighted by Gasteiger charge is -2.20. The van der Waals surface area contributed by atoms with Gasteiger partial charge in [-0.1, -0.05) is 18.0 Å². The summed E-state index contributed by atoms with van der Waals surface area (Å²) in [6.45, 7) is 0. The molecule has 2 fully saturated rings. The highest BCUT2D eigenvalue weighted by Gasteiger charge is 2.40. The fraction of sp³-hybridized carbons (Fsp3) is 0.571. The summed E-state index contributed by atoms with van der Waals surface area (Å²) in [5.41, 5.74) is 0. The molecule has 1 aromatic heterocycles. The van der Waals surface area contributed by atoms with Crippen LogP contribution in [0, 0.1) is 17.8 Å². The molecule has 96 valence electrons. The number of nitrogens with one attached hydrogen (secondary N) is 1. The van der Waals surface area contributed by atoms with E-state index in [4.69, 9.17) is 11.6 Å². The van der Waals surface area contributed by atoms with Crippen LogP contribution in [0.25, 0.3) is 0 Å². The van der Waals surface area contributed by atoms with Crippen molar-refractivity contribution in [2.75, 3.05) is 5.32 Å². The molecule has 3 rings (SSSR count). The average Bonchev–Trinajstić information content (AvgIpc) is 2.94. The Morgan fingerprint density at radius 3 is 3.00 bits per heavy atom. The van der Waals surface area contributed by atoms with Gasteiger partial charge in [0.1, 0.15) is 0 Å². The highest BCUT2D eigenvalue weighted by atomic mass is 35.5. The minimum absolute atomic E-state index is 0.0492. The SMILES string of the molecule is O=C(CC1CC2CCC1C2)Nc1ncccc1Cl. The Bertz CT molecular complexity index is 463. The van der Waals surface area contributed by atoms with Crippen LogP contribution in [0.15, 0.2) is 18.3 Å². The molecule has 1 aromatic rings. The fourth-order valence-corrected chi connectivity index (χ4v) is 3.69. The van der Waals surface area contributed by atoms with Crippen LogP contribution in [-0.2, 0) is 4.79 Å². The molecule has 1 heterocycles. The van der Waals surface area contributed by atoms with E-state index in [-0.39, 0.29) is 5.91 Å². The van der Waals surface area contributed by atoms with E-state index < -0.39 is 0 Å². The Morgan fingerprint density at radius 1 is 1.44 bits per heavy atom. The number of pyridine rings is 1. The summed E-state index contributed by atoms with van der Waals surface area (Å²) in [6.07, 6.45) is 7.51. The molecular formula is C14H17ClN2O. The Kier molecular flexibility index (Phi) is 3.25. The molecule has 2 aliphatic rings. The molecular weight excluding hydrogens is 248 g/mol. The summed E-state index contributed by atoms with van der Waals surface area (Å²) in [5, 5.41) is 3.31. The third-order valence-electron chi connectivity index (χ3n) is 4.35. The predicted octanol–water partition coefficient (Wildman–Crippen LogP) is 3.50. The van der Waals surface area contributed by atoms with Gasteiger partial charge in [0.2, 0.25) is 5.91 Å². The van der Waals surface area contributed by atoms with Crippen molar-refractivity contribution in [1.82, 2.24) is 4.98 Å². The van der Waals surface area contributed by atoms with E-state index in [9.17, 15) is 4.79 Å². The van der Waals surface area contributed by atoms with Crippen molar-refractivity contribution in [3.8, 4) is 0 Å². The second-order valence-corrected chi connectivity index (χ2v) is 5.93. The molecule has 2 bridgehead atoms. The summed E-state index contributed by atoms with van der Waals surface area (Å²) in [4.78, 5) is 16.1. The van der Waals surface area contributed by atoms with Crippen LogP contribution < -0.4 is 5.32 Å². The van der Waals surface area contributed by atoms with Gasteiger partial charge in [-0.15, -0.1) is 0 Å². The first-order valence-corrected chi connectivity index (χ1v) is 7.00. The number of fused-ring (bicyclic) bond motifs is 2. The second-order valence-electron chi connectivity index (χ2n) is 5.52. The number of rotatable bonds is 3. The molecule has 0 aliphatic heterocycles. The van der Waals surface area contributed by atoms with Crippen LogP contribution in [0.3, 0.4) is 0 Å². The minimum Gasteiger partial charge on any atom is -0.309 e. The lowest BCUT2D eigenvalue weighted by atomic mass is 9.86. The summed E-state index contributed by atoms with van der Waals surface area (Å²) in [5.74, 6) is 2.76. The Balaban J connectivity index is 1.58. The first-order chi connectivity index (χ1) is 8.72. The first-order valence-electron chi connectivity index (χ1n) is 6.62. The van der Waals surface area contributed by atoms with Gasteiger partial charge in [0, 0.05) is 12.6 Å². The maximum Gasteiger partial charge on any atom is 0.225 e. The van der Waals surface area contributed by atoms with Gasteiger partial charge in [-0.2, -0.15) is 0 Å². The van der Waals surface area contributed by atoms with Gasteiger partial charge in [0.15, 0.2) is 5.82 Å². The molecule has 3 nitrogen and oxygen atoms in total. The van der Waals surface area contributed by atoms with E-state index in [2.05, 4.69) is 10.3 Å². The molecule has 2 saturated carbocycles. The number of carbonyl (C=O) groups excluding carboxylic acids is 1. The summed E-state index contributed by atoms with van der Waals surface area (Å²) in [6, 6.07) is 3.50. The number of halogens is 1. The normalized spacial score (nSPS) is 29.5. The zero-order valence-corrected chi connectivity index (χ0v) is 11.0. The zero-order valence-electron chi connectivity index (χ0n) is 10.2. The number of amides is 1. The van der Waals surface area contributed by atoms with Gasteiger partial charge in [0.05, 0.1) is 5.02 Å². The van der Waals surface area contributed by atoms with Crippen LogP contribution in [-0.4, -0.2) is 10.9 Å². The Hall–Kier alpha value is -1.09. The third-order valence-corrected chi connectivity index (χ3v) is 4.65. The Labute approximate surface area is 112 Å². The van der Waals surface area contributed by atoms with E-state index in [1.165, 1.54) is 25.7 Å². The molecule has 2 aliphatic carbocycles. The van der Waals surface area contributed by atoms with Gasteiger partial charge in [-0.3, -0.25) is 4.79 Å².